The van der Waals surface area contributed by atoms with Crippen molar-refractivity contribution in [2.75, 3.05) is 7.05 Å². The van der Waals surface area contributed by atoms with Crippen LogP contribution in [-0.2, 0) is 17.4 Å². The van der Waals surface area contributed by atoms with Gasteiger partial charge in [-0.3, -0.25) is 8.93 Å². The summed E-state index contributed by atoms with van der Waals surface area (Å²) in [6, 6.07) is 6.36. The van der Waals surface area contributed by atoms with Crippen molar-refractivity contribution in [2.24, 2.45) is 0 Å². The van der Waals surface area contributed by atoms with Crippen molar-refractivity contribution in [2.45, 2.75) is 6.18 Å². The van der Waals surface area contributed by atoms with Crippen molar-refractivity contribution in [1.29, 1.82) is 0 Å². The van der Waals surface area contributed by atoms with Crippen molar-refractivity contribution < 1.29 is 21.9 Å². The second-order valence-electron chi connectivity index (χ2n) is 2.30. The van der Waals surface area contributed by atoms with Gasteiger partial charge < -0.3 is 4.55 Å². The minimum Gasteiger partial charge on any atom is -0.760 e. The molecule has 0 radical (unpaired) electrons. The van der Waals surface area contributed by atoms with Crippen LogP contribution in [0.5, 0.6) is 0 Å². The van der Waals surface area contributed by atoms with Crippen molar-refractivity contribution in [3.8, 4) is 0 Å². The molecule has 0 heterocycles. The van der Waals surface area contributed by atoms with E-state index >= 15 is 0 Å². The highest BCUT2D eigenvalue weighted by molar-refractivity contribution is 7.77. The molecule has 7 heteroatoms. The lowest BCUT2D eigenvalue weighted by Gasteiger charge is -2.03. The standard InChI is InChI=1S/C7H5F3.CH5NO2S/c8-7(9,10)6-4-2-1-3-5-6;1-2-5(3)4/h1-5H;2H,1H3,(H,3,4)/p-1. The number of nitrogens with one attached hydrogen (secondary N) is 1. The van der Waals surface area contributed by atoms with Crippen molar-refractivity contribution in [3.63, 3.8) is 0 Å². The molecule has 1 unspecified atom stereocenters. The highest BCUT2D eigenvalue weighted by Gasteiger charge is 2.29. The van der Waals surface area contributed by atoms with Gasteiger partial charge in [-0.25, -0.2) is 0 Å². The van der Waals surface area contributed by atoms with E-state index in [4.69, 9.17) is 0 Å². The van der Waals surface area contributed by atoms with E-state index in [2.05, 4.69) is 0 Å². The van der Waals surface area contributed by atoms with E-state index in [1.165, 1.54) is 19.2 Å². The van der Waals surface area contributed by atoms with E-state index in [0.717, 1.165) is 12.1 Å². The van der Waals surface area contributed by atoms with E-state index in [1.54, 1.807) is 6.07 Å². The zero-order valence-electron chi connectivity index (χ0n) is 7.75. The molecule has 0 fully saturated rings. The van der Waals surface area contributed by atoms with E-state index in [0.29, 0.717) is 0 Å². The highest BCUT2D eigenvalue weighted by Crippen LogP contribution is 2.28. The van der Waals surface area contributed by atoms with E-state index < -0.39 is 23.0 Å². The Bertz CT molecular complexity index is 303. The Morgan fingerprint density at radius 3 is 1.87 bits per heavy atom. The summed E-state index contributed by atoms with van der Waals surface area (Å²) in [5, 5.41) is 0. The summed E-state index contributed by atoms with van der Waals surface area (Å²) >= 11 is -2.07. The SMILES string of the molecule is CNS(=O)[O-].FC(F)(F)c1ccccc1. The van der Waals surface area contributed by atoms with Gasteiger partial charge in [0, 0.05) is 11.3 Å². The van der Waals surface area contributed by atoms with Gasteiger partial charge in [-0.2, -0.15) is 13.2 Å². The van der Waals surface area contributed by atoms with Crippen LogP contribution in [0, 0.1) is 0 Å². The summed E-state index contributed by atoms with van der Waals surface area (Å²) in [5.41, 5.74) is -0.602. The third kappa shape index (κ3) is 7.06. The minimum atomic E-state index is -4.21. The summed E-state index contributed by atoms with van der Waals surface area (Å²) in [7, 11) is 1.34. The monoisotopic (exact) mass is 240 g/mol. The molecule has 0 saturated heterocycles. The fraction of sp³-hybridized carbons (Fsp3) is 0.250. The van der Waals surface area contributed by atoms with Crippen LogP contribution < -0.4 is 4.72 Å². The third-order valence-electron chi connectivity index (χ3n) is 1.27. The molecule has 0 bridgehead atoms. The van der Waals surface area contributed by atoms with Gasteiger partial charge in [-0.05, 0) is 7.05 Å². The summed E-state index contributed by atoms with van der Waals surface area (Å²) in [5.74, 6) is 0. The molecule has 1 aromatic rings. The van der Waals surface area contributed by atoms with Crippen LogP contribution in [0.25, 0.3) is 0 Å². The van der Waals surface area contributed by atoms with Crippen LogP contribution in [0.4, 0.5) is 13.2 Å². The second-order valence-corrected chi connectivity index (χ2v) is 3.18. The molecular formula is C8H9F3NO2S-. The smallest absolute Gasteiger partial charge is 0.416 e. The molecule has 15 heavy (non-hydrogen) atoms. The number of rotatable bonds is 1. The number of alkyl halides is 3. The van der Waals surface area contributed by atoms with Crippen LogP contribution in [-0.4, -0.2) is 15.8 Å². The Labute approximate surface area is 87.7 Å². The summed E-state index contributed by atoms with van der Waals surface area (Å²) in [4.78, 5) is 0. The first-order chi connectivity index (χ1) is 6.88. The Morgan fingerprint density at radius 2 is 1.67 bits per heavy atom. The van der Waals surface area contributed by atoms with Gasteiger partial charge in [0.05, 0.1) is 5.56 Å². The predicted octanol–water partition coefficient (Wildman–Crippen LogP) is 1.71. The molecule has 0 aromatic heterocycles. The molecular weight excluding hydrogens is 231 g/mol. The zero-order chi connectivity index (χ0) is 11.9. The lowest BCUT2D eigenvalue weighted by molar-refractivity contribution is -0.137. The third-order valence-corrected chi connectivity index (χ3v) is 1.60. The lowest BCUT2D eigenvalue weighted by Crippen LogP contribution is -2.07. The van der Waals surface area contributed by atoms with Crippen LogP contribution in [0.15, 0.2) is 30.3 Å². The molecule has 0 aliphatic carbocycles. The fourth-order valence-electron chi connectivity index (χ4n) is 0.627. The Morgan fingerprint density at radius 1 is 1.27 bits per heavy atom. The average Bonchev–Trinajstić information content (AvgIpc) is 2.19. The summed E-state index contributed by atoms with van der Waals surface area (Å²) in [6.45, 7) is 0. The fourth-order valence-corrected chi connectivity index (χ4v) is 0.627. The van der Waals surface area contributed by atoms with Crippen LogP contribution in [0.1, 0.15) is 5.56 Å². The highest BCUT2D eigenvalue weighted by atomic mass is 32.2. The maximum atomic E-state index is 11.8. The van der Waals surface area contributed by atoms with Gasteiger partial charge in [0.25, 0.3) is 0 Å². The normalized spacial score (nSPS) is 12.6. The second kappa shape index (κ2) is 6.54. The minimum absolute atomic E-state index is 0.602. The van der Waals surface area contributed by atoms with Crippen molar-refractivity contribution in [3.05, 3.63) is 35.9 Å². The van der Waals surface area contributed by atoms with Crippen LogP contribution >= 0.6 is 0 Å². The molecule has 0 amide bonds. The van der Waals surface area contributed by atoms with Crippen molar-refractivity contribution >= 4 is 11.3 Å². The number of hydrogen-bond donors (Lipinski definition) is 1. The number of halogens is 3. The molecule has 1 atom stereocenters. The van der Waals surface area contributed by atoms with Crippen LogP contribution in [0.3, 0.4) is 0 Å². The van der Waals surface area contributed by atoms with Crippen molar-refractivity contribution in [1.82, 2.24) is 4.72 Å². The van der Waals surface area contributed by atoms with Gasteiger partial charge in [0.15, 0.2) is 0 Å². The Kier molecular flexibility index (Phi) is 6.14. The number of benzene rings is 1. The first-order valence-corrected chi connectivity index (χ1v) is 4.84. The molecule has 0 spiro atoms. The van der Waals surface area contributed by atoms with Gasteiger partial charge >= 0.3 is 6.18 Å². The van der Waals surface area contributed by atoms with E-state index in [-0.39, 0.29) is 0 Å². The molecule has 0 saturated carbocycles. The summed E-state index contributed by atoms with van der Waals surface area (Å²) in [6.07, 6.45) is -4.21. The molecule has 1 N–H and O–H groups in total. The number of hydrogen-bond acceptors (Lipinski definition) is 2. The zero-order valence-corrected chi connectivity index (χ0v) is 8.56. The molecule has 3 nitrogen and oxygen atoms in total. The van der Waals surface area contributed by atoms with Crippen LogP contribution in [0.2, 0.25) is 0 Å². The quantitative estimate of drug-likeness (QED) is 0.760. The van der Waals surface area contributed by atoms with E-state index in [1.807, 2.05) is 4.72 Å². The Hall–Kier alpha value is -0.920. The molecule has 0 aliphatic rings. The van der Waals surface area contributed by atoms with Gasteiger partial charge in [-0.15, -0.1) is 0 Å². The average molecular weight is 240 g/mol. The van der Waals surface area contributed by atoms with Gasteiger partial charge in [0.1, 0.15) is 0 Å². The molecule has 1 rings (SSSR count). The van der Waals surface area contributed by atoms with Gasteiger partial charge in [0.2, 0.25) is 0 Å². The summed E-state index contributed by atoms with van der Waals surface area (Å²) < 4.78 is 55.8. The molecule has 86 valence electrons. The van der Waals surface area contributed by atoms with Gasteiger partial charge in [-0.1, -0.05) is 30.3 Å². The maximum absolute atomic E-state index is 11.8. The lowest BCUT2D eigenvalue weighted by atomic mass is 10.2. The topological polar surface area (TPSA) is 52.2 Å². The molecule has 0 aliphatic heterocycles. The first-order valence-electron chi connectivity index (χ1n) is 3.77. The first kappa shape index (κ1) is 14.1. The largest absolute Gasteiger partial charge is 0.760 e. The van der Waals surface area contributed by atoms with E-state index in [9.17, 15) is 21.9 Å². The molecule has 1 aromatic carbocycles. The Balaban J connectivity index is 0.000000336. The maximum Gasteiger partial charge on any atom is 0.416 e. The predicted molar refractivity (Wildman–Crippen MR) is 49.4 cm³/mol.